The Morgan fingerprint density at radius 3 is 2.68 bits per heavy atom. The highest BCUT2D eigenvalue weighted by Gasteiger charge is 2.30. The second-order valence-electron chi connectivity index (χ2n) is 7.06. The summed E-state index contributed by atoms with van der Waals surface area (Å²) in [5.41, 5.74) is 7.62. The van der Waals surface area contributed by atoms with E-state index in [-0.39, 0.29) is 39.5 Å². The average Bonchev–Trinajstić information content (AvgIpc) is 3.46. The number of anilines is 1. The number of pyridine rings is 1. The molecule has 0 saturated carbocycles. The molecule has 0 spiro atoms. The first-order chi connectivity index (χ1) is 16.3. The van der Waals surface area contributed by atoms with Crippen molar-refractivity contribution in [1.29, 1.82) is 0 Å². The molecule has 12 heteroatoms. The second kappa shape index (κ2) is 8.47. The zero-order valence-electron chi connectivity index (χ0n) is 17.4. The summed E-state index contributed by atoms with van der Waals surface area (Å²) in [7, 11) is 0. The summed E-state index contributed by atoms with van der Waals surface area (Å²) in [6, 6.07) is 6.33. The molecule has 0 aliphatic heterocycles. The van der Waals surface area contributed by atoms with Crippen molar-refractivity contribution in [1.82, 2.24) is 9.55 Å². The normalized spacial score (nSPS) is 11.3. The van der Waals surface area contributed by atoms with Crippen molar-refractivity contribution in [2.24, 2.45) is 0 Å². The molecule has 0 aliphatic carbocycles. The molecule has 0 aliphatic rings. The number of thiazole rings is 1. The molecule has 1 aromatic carbocycles. The molecule has 0 atom stereocenters. The number of carbonyl (C=O) groups excluding carboxylic acids is 2. The molecule has 4 N–H and O–H groups in total. The van der Waals surface area contributed by atoms with Crippen LogP contribution in [0.1, 0.15) is 31.8 Å². The topological polar surface area (TPSA) is 128 Å². The van der Waals surface area contributed by atoms with E-state index in [1.807, 2.05) is 0 Å². The molecule has 0 radical (unpaired) electrons. The lowest BCUT2D eigenvalue weighted by atomic mass is 10.0. The SMILES string of the molecule is CCOC(=O)c1sc2sc(C(=O)c3ccc(O)c4ncccc34)c(N)c2c1-n1c(O)csc1=S. The van der Waals surface area contributed by atoms with Crippen LogP contribution in [0.5, 0.6) is 11.6 Å². The summed E-state index contributed by atoms with van der Waals surface area (Å²) in [5.74, 6) is -1.09. The average molecular weight is 530 g/mol. The summed E-state index contributed by atoms with van der Waals surface area (Å²) in [6.07, 6.45) is 1.53. The highest BCUT2D eigenvalue weighted by Crippen LogP contribution is 2.47. The van der Waals surface area contributed by atoms with E-state index >= 15 is 0 Å². The number of hydrogen-bond donors (Lipinski definition) is 3. The van der Waals surface area contributed by atoms with Crippen molar-refractivity contribution >= 4 is 84.0 Å². The zero-order chi connectivity index (χ0) is 24.1. The number of thiophene rings is 2. The van der Waals surface area contributed by atoms with Crippen molar-refractivity contribution in [2.75, 3.05) is 12.3 Å². The van der Waals surface area contributed by atoms with Crippen LogP contribution in [0.2, 0.25) is 0 Å². The number of nitrogens with zero attached hydrogens (tertiary/aromatic N) is 2. The molecule has 0 amide bonds. The quantitative estimate of drug-likeness (QED) is 0.155. The molecular weight excluding hydrogens is 515 g/mol. The highest BCUT2D eigenvalue weighted by atomic mass is 32.2. The van der Waals surface area contributed by atoms with E-state index < -0.39 is 5.97 Å². The van der Waals surface area contributed by atoms with E-state index in [1.165, 1.54) is 28.3 Å². The van der Waals surface area contributed by atoms with Gasteiger partial charge in [-0.2, -0.15) is 0 Å². The van der Waals surface area contributed by atoms with E-state index in [2.05, 4.69) is 4.98 Å². The monoisotopic (exact) mass is 529 g/mol. The van der Waals surface area contributed by atoms with Crippen LogP contribution < -0.4 is 5.73 Å². The Morgan fingerprint density at radius 1 is 1.21 bits per heavy atom. The largest absolute Gasteiger partial charge is 0.506 e. The van der Waals surface area contributed by atoms with Crippen molar-refractivity contribution in [3.8, 4) is 17.3 Å². The molecule has 0 fully saturated rings. The summed E-state index contributed by atoms with van der Waals surface area (Å²) < 4.78 is 7.50. The van der Waals surface area contributed by atoms with E-state index in [4.69, 9.17) is 22.7 Å². The number of fused-ring (bicyclic) bond motifs is 2. The van der Waals surface area contributed by atoms with Crippen molar-refractivity contribution in [3.05, 3.63) is 55.1 Å². The second-order valence-corrected chi connectivity index (χ2v) is 10.9. The molecule has 5 aromatic rings. The van der Waals surface area contributed by atoms with Gasteiger partial charge in [0.15, 0.2) is 3.95 Å². The van der Waals surface area contributed by atoms with E-state index in [1.54, 1.807) is 19.1 Å². The number of benzene rings is 1. The van der Waals surface area contributed by atoms with Crippen LogP contribution >= 0.6 is 46.2 Å². The number of ketones is 1. The lowest BCUT2D eigenvalue weighted by Crippen LogP contribution is -2.08. The number of esters is 1. The molecule has 4 aromatic heterocycles. The lowest BCUT2D eigenvalue weighted by molar-refractivity contribution is 0.0532. The molecule has 0 saturated heterocycles. The third-order valence-corrected chi connectivity index (χ3v) is 8.76. The number of rotatable bonds is 5. The predicted octanol–water partition coefficient (Wildman–Crippen LogP) is 5.49. The summed E-state index contributed by atoms with van der Waals surface area (Å²) in [4.78, 5) is 31.0. The summed E-state index contributed by atoms with van der Waals surface area (Å²) in [6.45, 7) is 1.87. The number of carbonyl (C=O) groups is 2. The minimum atomic E-state index is -0.568. The molecule has 5 rings (SSSR count). The number of nitrogen functional groups attached to an aromatic ring is 1. The molecule has 8 nitrogen and oxygen atoms in total. The maximum absolute atomic E-state index is 13.6. The Bertz CT molecular complexity index is 1680. The van der Waals surface area contributed by atoms with Gasteiger partial charge in [0, 0.05) is 17.1 Å². The van der Waals surface area contributed by atoms with Crippen LogP contribution in [0.25, 0.3) is 26.0 Å². The van der Waals surface area contributed by atoms with E-state index in [0.29, 0.717) is 35.5 Å². The minimum Gasteiger partial charge on any atom is -0.506 e. The van der Waals surface area contributed by atoms with Crippen LogP contribution in [0.15, 0.2) is 35.8 Å². The third-order valence-electron chi connectivity index (χ3n) is 5.12. The van der Waals surface area contributed by atoms with Crippen LogP contribution in [-0.2, 0) is 4.74 Å². The number of ether oxygens (including phenoxy) is 1. The minimum absolute atomic E-state index is 0.0315. The van der Waals surface area contributed by atoms with Gasteiger partial charge in [-0.3, -0.25) is 14.3 Å². The van der Waals surface area contributed by atoms with Gasteiger partial charge in [-0.05, 0) is 37.3 Å². The summed E-state index contributed by atoms with van der Waals surface area (Å²) >= 11 is 8.79. The van der Waals surface area contributed by atoms with E-state index in [9.17, 15) is 19.8 Å². The van der Waals surface area contributed by atoms with Gasteiger partial charge in [0.05, 0.1) is 32.8 Å². The van der Waals surface area contributed by atoms with Gasteiger partial charge in [0.25, 0.3) is 0 Å². The van der Waals surface area contributed by atoms with Gasteiger partial charge in [0.1, 0.15) is 21.0 Å². The Morgan fingerprint density at radius 2 is 1.97 bits per heavy atom. The van der Waals surface area contributed by atoms with Crippen molar-refractivity contribution < 1.29 is 24.5 Å². The lowest BCUT2D eigenvalue weighted by Gasteiger charge is -2.09. The maximum Gasteiger partial charge on any atom is 0.350 e. The van der Waals surface area contributed by atoms with Crippen LogP contribution in [0.3, 0.4) is 0 Å². The Kier molecular flexibility index (Phi) is 5.60. The van der Waals surface area contributed by atoms with Crippen molar-refractivity contribution in [3.63, 3.8) is 0 Å². The standard InChI is InChI=1S/C22H15N3O5S4/c1-2-30-20(29)19-16(25-12(27)8-32-22(25)31)13-14(23)18(33-21(13)34-19)17(28)10-5-6-11(26)15-9(10)4-3-7-24-15/h3-8,26-27H,2,23H2,1H3. The van der Waals surface area contributed by atoms with Gasteiger partial charge < -0.3 is 20.7 Å². The van der Waals surface area contributed by atoms with Gasteiger partial charge in [0.2, 0.25) is 11.7 Å². The number of nitrogens with two attached hydrogens (primary N) is 1. The molecule has 34 heavy (non-hydrogen) atoms. The van der Waals surface area contributed by atoms with Crippen LogP contribution in [-0.4, -0.2) is 38.1 Å². The fourth-order valence-electron chi connectivity index (χ4n) is 3.68. The fourth-order valence-corrected chi connectivity index (χ4v) is 7.11. The fraction of sp³-hybridized carbons (Fsp3) is 0.0909. The number of hydrogen-bond acceptors (Lipinski definition) is 11. The molecule has 0 unspecified atom stereocenters. The smallest absolute Gasteiger partial charge is 0.350 e. The van der Waals surface area contributed by atoms with Gasteiger partial charge in [-0.1, -0.05) is 6.07 Å². The van der Waals surface area contributed by atoms with Gasteiger partial charge in [-0.15, -0.1) is 34.0 Å². The highest BCUT2D eigenvalue weighted by molar-refractivity contribution is 7.73. The first-order valence-electron chi connectivity index (χ1n) is 9.86. The first-order valence-corrected chi connectivity index (χ1v) is 12.8. The molecule has 0 bridgehead atoms. The number of phenols is 1. The van der Waals surface area contributed by atoms with Crippen molar-refractivity contribution in [2.45, 2.75) is 6.92 Å². The molecule has 4 heterocycles. The number of aromatic hydroxyl groups is 2. The number of aromatic nitrogens is 2. The summed E-state index contributed by atoms with van der Waals surface area (Å²) in [5, 5.41) is 23.0. The molecular formula is C22H15N3O5S4. The Balaban J connectivity index is 1.76. The zero-order valence-corrected chi connectivity index (χ0v) is 20.7. The van der Waals surface area contributed by atoms with Crippen LogP contribution in [0, 0.1) is 3.95 Å². The maximum atomic E-state index is 13.6. The van der Waals surface area contributed by atoms with Gasteiger partial charge in [-0.25, -0.2) is 4.79 Å². The molecule has 172 valence electrons. The van der Waals surface area contributed by atoms with Crippen LogP contribution in [0.4, 0.5) is 5.69 Å². The Labute approximate surface area is 209 Å². The van der Waals surface area contributed by atoms with E-state index in [0.717, 1.165) is 34.0 Å². The third kappa shape index (κ3) is 3.38. The number of phenolic OH excluding ortho intramolecular Hbond substituents is 1. The predicted molar refractivity (Wildman–Crippen MR) is 137 cm³/mol. The first kappa shape index (κ1) is 22.5. The van der Waals surface area contributed by atoms with Gasteiger partial charge >= 0.3 is 5.97 Å². The Hall–Kier alpha value is -3.32.